The molecule has 0 radical (unpaired) electrons. The highest BCUT2D eigenvalue weighted by Gasteiger charge is 2.27. The van der Waals surface area contributed by atoms with Gasteiger partial charge in [-0.05, 0) is 50.9 Å². The van der Waals surface area contributed by atoms with Gasteiger partial charge in [0.25, 0.3) is 0 Å². The Morgan fingerprint density at radius 3 is 1.58 bits per heavy atom. The number of ether oxygens (including phenoxy) is 2. The van der Waals surface area contributed by atoms with E-state index in [0.717, 1.165) is 57.3 Å². The van der Waals surface area contributed by atoms with E-state index in [0.29, 0.717) is 6.42 Å². The highest BCUT2D eigenvalue weighted by Crippen LogP contribution is 2.43. The lowest BCUT2D eigenvalue weighted by Gasteiger charge is -2.20. The first-order valence-corrected chi connectivity index (χ1v) is 24.4. The zero-order chi connectivity index (χ0) is 44.4. The van der Waals surface area contributed by atoms with E-state index in [1.165, 1.54) is 70.6 Å². The fraction of sp³-hybridized carbons (Fsp3) is 0.708. The number of aliphatic hydroxyl groups is 3. The Bertz CT molecular complexity index is 1260. The van der Waals surface area contributed by atoms with Crippen molar-refractivity contribution < 1.29 is 52.9 Å². The number of phosphoric ester groups is 1. The second-order valence-corrected chi connectivity index (χ2v) is 17.2. The Morgan fingerprint density at radius 2 is 1.07 bits per heavy atom. The van der Waals surface area contributed by atoms with Crippen LogP contribution in [0.4, 0.5) is 0 Å². The summed E-state index contributed by atoms with van der Waals surface area (Å²) in [5, 5.41) is 28.6. The molecule has 12 heteroatoms. The standard InChI is InChI=1S/C48H83O11P/c1-4-5-6-7-8-9-10-11-12-13-17-20-23-26-29-32-35-44(50)37-38-47(52)56-41-46(42-58-60(54,55)57-40-45(51)39-49)59-48(53)36-33-30-27-24-21-18-15-14-16-19-22-25-28-31-34-43(2)3/h5-6,8-9,11-12,17,20,26,29,32,35,43-46,49-51H,4,7,10,13-16,18-19,21-25,27-28,30-31,33-34,36-42H2,1-3H3,(H,54,55)/b6-5-,9-8-,12-11-,20-17-,29-26-,35-32-/t44?,45-,46+/m0/s1. The lowest BCUT2D eigenvalue weighted by Crippen LogP contribution is -2.30. The molecule has 0 aromatic heterocycles. The van der Waals surface area contributed by atoms with Gasteiger partial charge in [0.05, 0.1) is 25.9 Å². The van der Waals surface area contributed by atoms with Gasteiger partial charge in [-0.2, -0.15) is 0 Å². The number of aliphatic hydroxyl groups excluding tert-OH is 3. The van der Waals surface area contributed by atoms with Crippen LogP contribution < -0.4 is 0 Å². The predicted octanol–water partition coefficient (Wildman–Crippen LogP) is 11.3. The summed E-state index contributed by atoms with van der Waals surface area (Å²) in [4.78, 5) is 35.1. The number of allylic oxidation sites excluding steroid dienone is 11. The van der Waals surface area contributed by atoms with E-state index in [2.05, 4.69) is 73.9 Å². The minimum atomic E-state index is -4.68. The van der Waals surface area contributed by atoms with E-state index < -0.39 is 64.5 Å². The first-order chi connectivity index (χ1) is 29.0. The molecule has 0 saturated heterocycles. The van der Waals surface area contributed by atoms with Crippen molar-refractivity contribution in [1.29, 1.82) is 0 Å². The van der Waals surface area contributed by atoms with Crippen molar-refractivity contribution >= 4 is 19.8 Å². The summed E-state index contributed by atoms with van der Waals surface area (Å²) in [5.41, 5.74) is 0. The molecule has 0 spiro atoms. The molecule has 60 heavy (non-hydrogen) atoms. The van der Waals surface area contributed by atoms with Gasteiger partial charge in [-0.25, -0.2) is 4.57 Å². The van der Waals surface area contributed by atoms with Gasteiger partial charge >= 0.3 is 19.8 Å². The van der Waals surface area contributed by atoms with Gasteiger partial charge in [-0.15, -0.1) is 0 Å². The zero-order valence-electron chi connectivity index (χ0n) is 37.4. The molecule has 0 rings (SSSR count). The zero-order valence-corrected chi connectivity index (χ0v) is 38.3. The van der Waals surface area contributed by atoms with Crippen molar-refractivity contribution in [2.75, 3.05) is 26.4 Å². The van der Waals surface area contributed by atoms with Crippen LogP contribution in [0, 0.1) is 5.92 Å². The number of esters is 2. The lowest BCUT2D eigenvalue weighted by molar-refractivity contribution is -0.161. The first-order valence-electron chi connectivity index (χ1n) is 22.9. The molecule has 11 nitrogen and oxygen atoms in total. The van der Waals surface area contributed by atoms with Crippen LogP contribution in [0.1, 0.15) is 168 Å². The minimum absolute atomic E-state index is 0.104. The second-order valence-electron chi connectivity index (χ2n) is 15.7. The Kier molecular flexibility index (Phi) is 39.9. The number of unbranched alkanes of at least 4 members (excludes halogenated alkanes) is 13. The molecule has 0 aliphatic rings. The monoisotopic (exact) mass is 867 g/mol. The molecule has 0 bridgehead atoms. The Labute approximate surface area is 363 Å². The van der Waals surface area contributed by atoms with Crippen molar-refractivity contribution in [3.05, 3.63) is 72.9 Å². The van der Waals surface area contributed by atoms with E-state index >= 15 is 0 Å². The molecule has 0 amide bonds. The van der Waals surface area contributed by atoms with Gasteiger partial charge in [0.1, 0.15) is 12.7 Å². The van der Waals surface area contributed by atoms with E-state index in [9.17, 15) is 29.3 Å². The van der Waals surface area contributed by atoms with Crippen LogP contribution in [0.25, 0.3) is 0 Å². The Morgan fingerprint density at radius 1 is 0.583 bits per heavy atom. The number of hydrogen-bond acceptors (Lipinski definition) is 10. The summed E-state index contributed by atoms with van der Waals surface area (Å²) >= 11 is 0. The number of carbonyl (C=O) groups excluding carboxylic acids is 2. The van der Waals surface area contributed by atoms with Crippen LogP contribution in [-0.2, 0) is 32.7 Å². The topological polar surface area (TPSA) is 169 Å². The third-order valence-electron chi connectivity index (χ3n) is 9.42. The summed E-state index contributed by atoms with van der Waals surface area (Å²) in [6.45, 7) is 4.32. The van der Waals surface area contributed by atoms with Crippen LogP contribution in [0.3, 0.4) is 0 Å². The second kappa shape index (κ2) is 41.7. The molecule has 0 aliphatic carbocycles. The summed E-state index contributed by atoms with van der Waals surface area (Å²) in [5.74, 6) is -0.398. The average molecular weight is 867 g/mol. The van der Waals surface area contributed by atoms with E-state index in [1.807, 2.05) is 12.2 Å². The number of phosphoric acid groups is 1. The largest absolute Gasteiger partial charge is 0.472 e. The van der Waals surface area contributed by atoms with Crippen LogP contribution in [-0.4, -0.2) is 76.9 Å². The van der Waals surface area contributed by atoms with Crippen molar-refractivity contribution in [3.8, 4) is 0 Å². The number of rotatable bonds is 41. The van der Waals surface area contributed by atoms with Crippen LogP contribution >= 0.6 is 7.82 Å². The Balaban J connectivity index is 4.49. The van der Waals surface area contributed by atoms with Crippen LogP contribution in [0.15, 0.2) is 72.9 Å². The molecule has 0 heterocycles. The quantitative estimate of drug-likeness (QED) is 0.0152. The van der Waals surface area contributed by atoms with E-state index in [1.54, 1.807) is 12.2 Å². The molecule has 0 saturated carbocycles. The van der Waals surface area contributed by atoms with Gasteiger partial charge in [0.2, 0.25) is 0 Å². The van der Waals surface area contributed by atoms with Gasteiger partial charge in [-0.3, -0.25) is 18.6 Å². The molecule has 0 aliphatic heterocycles. The fourth-order valence-corrected chi connectivity index (χ4v) is 6.67. The minimum Gasteiger partial charge on any atom is -0.462 e. The maximum Gasteiger partial charge on any atom is 0.472 e. The van der Waals surface area contributed by atoms with Crippen LogP contribution in [0.2, 0.25) is 0 Å². The maximum atomic E-state index is 12.6. The van der Waals surface area contributed by atoms with Crippen molar-refractivity contribution in [2.45, 2.75) is 187 Å². The molecular formula is C48H83O11P. The number of hydrogen-bond donors (Lipinski definition) is 4. The van der Waals surface area contributed by atoms with Crippen molar-refractivity contribution in [2.24, 2.45) is 5.92 Å². The molecule has 4 atom stereocenters. The van der Waals surface area contributed by atoms with Crippen LogP contribution in [0.5, 0.6) is 0 Å². The summed E-state index contributed by atoms with van der Waals surface area (Å²) in [7, 11) is -4.68. The summed E-state index contributed by atoms with van der Waals surface area (Å²) in [6, 6.07) is 0. The lowest BCUT2D eigenvalue weighted by atomic mass is 10.0. The average Bonchev–Trinajstić information content (AvgIpc) is 3.22. The highest BCUT2D eigenvalue weighted by molar-refractivity contribution is 7.47. The van der Waals surface area contributed by atoms with Crippen molar-refractivity contribution in [3.63, 3.8) is 0 Å². The maximum absolute atomic E-state index is 12.6. The molecule has 346 valence electrons. The molecule has 0 fully saturated rings. The smallest absolute Gasteiger partial charge is 0.462 e. The molecule has 0 aromatic rings. The molecule has 2 unspecified atom stereocenters. The third kappa shape index (κ3) is 42.1. The van der Waals surface area contributed by atoms with E-state index in [4.69, 9.17) is 19.1 Å². The normalized spacial score (nSPS) is 15.1. The molecule has 4 N–H and O–H groups in total. The molecular weight excluding hydrogens is 783 g/mol. The van der Waals surface area contributed by atoms with Gasteiger partial charge in [-0.1, -0.05) is 184 Å². The summed E-state index contributed by atoms with van der Waals surface area (Å²) < 4.78 is 32.6. The van der Waals surface area contributed by atoms with E-state index in [-0.39, 0.29) is 19.3 Å². The van der Waals surface area contributed by atoms with Gasteiger partial charge in [0.15, 0.2) is 6.10 Å². The first kappa shape index (κ1) is 57.4. The SMILES string of the molecule is CC/C=C\C/C=C\C/C=C\C/C=C\C/C=C\C=C/C(O)CCC(=O)OC[C@H](COP(=O)(O)OC[C@@H](O)CO)OC(=O)CCCCCCCCCCCCCCCCC(C)C. The highest BCUT2D eigenvalue weighted by atomic mass is 31.2. The van der Waals surface area contributed by atoms with Crippen molar-refractivity contribution in [1.82, 2.24) is 0 Å². The van der Waals surface area contributed by atoms with Gasteiger partial charge in [0, 0.05) is 12.8 Å². The van der Waals surface area contributed by atoms with Gasteiger partial charge < -0.3 is 29.7 Å². The summed E-state index contributed by atoms with van der Waals surface area (Å²) in [6.07, 6.45) is 43.4. The predicted molar refractivity (Wildman–Crippen MR) is 243 cm³/mol. The Hall–Kier alpha value is -2.63. The third-order valence-corrected chi connectivity index (χ3v) is 10.4. The fourth-order valence-electron chi connectivity index (χ4n) is 5.88. The molecule has 0 aromatic carbocycles. The number of carbonyl (C=O) groups is 2.